The van der Waals surface area contributed by atoms with E-state index in [0.717, 1.165) is 11.3 Å². The average molecular weight is 336 g/mol. The van der Waals surface area contributed by atoms with E-state index in [-0.39, 0.29) is 5.91 Å². The number of hydrazone groups is 1. The van der Waals surface area contributed by atoms with Crippen LogP contribution >= 0.6 is 0 Å². The number of hydrogen-bond donors (Lipinski definition) is 1. The van der Waals surface area contributed by atoms with Crippen molar-refractivity contribution < 1.29 is 9.53 Å². The number of nitrogens with one attached hydrogen (secondary N) is 1. The number of tetrazole rings is 1. The summed E-state index contributed by atoms with van der Waals surface area (Å²) >= 11 is 0. The first-order valence-electron chi connectivity index (χ1n) is 7.50. The summed E-state index contributed by atoms with van der Waals surface area (Å²) in [7, 11) is 1.52. The van der Waals surface area contributed by atoms with E-state index in [1.54, 1.807) is 28.9 Å². The molecule has 0 aliphatic carbocycles. The van der Waals surface area contributed by atoms with Gasteiger partial charge in [-0.1, -0.05) is 24.3 Å². The molecule has 0 bridgehead atoms. The van der Waals surface area contributed by atoms with Gasteiger partial charge in [0.05, 0.1) is 24.1 Å². The molecule has 1 heterocycles. The van der Waals surface area contributed by atoms with Crippen LogP contribution in [-0.4, -0.2) is 38.9 Å². The van der Waals surface area contributed by atoms with Gasteiger partial charge >= 0.3 is 0 Å². The van der Waals surface area contributed by atoms with Crippen LogP contribution in [0.4, 0.5) is 0 Å². The number of hydrogen-bond acceptors (Lipinski definition) is 6. The Labute approximate surface area is 144 Å². The number of carbonyl (C=O) groups is 1. The van der Waals surface area contributed by atoms with Crippen molar-refractivity contribution in [2.75, 3.05) is 7.11 Å². The van der Waals surface area contributed by atoms with E-state index in [2.05, 4.69) is 26.1 Å². The number of ether oxygens (including phenoxy) is 1. The molecule has 1 amide bonds. The Hall–Kier alpha value is -3.55. The van der Waals surface area contributed by atoms with E-state index in [1.807, 2.05) is 31.2 Å². The lowest BCUT2D eigenvalue weighted by Gasteiger charge is -2.07. The molecule has 0 saturated heterocycles. The van der Waals surface area contributed by atoms with Gasteiger partial charge in [0.1, 0.15) is 12.1 Å². The average Bonchev–Trinajstić information content (AvgIpc) is 3.20. The van der Waals surface area contributed by atoms with Crippen LogP contribution in [0, 0.1) is 0 Å². The zero-order valence-corrected chi connectivity index (χ0v) is 13.7. The third kappa shape index (κ3) is 3.69. The third-order valence-electron chi connectivity index (χ3n) is 3.58. The normalized spacial score (nSPS) is 11.2. The fourth-order valence-electron chi connectivity index (χ4n) is 2.23. The predicted octanol–water partition coefficient (Wildman–Crippen LogP) is 1.82. The van der Waals surface area contributed by atoms with E-state index in [1.165, 1.54) is 13.4 Å². The molecular weight excluding hydrogens is 320 g/mol. The monoisotopic (exact) mass is 336 g/mol. The lowest BCUT2D eigenvalue weighted by molar-refractivity contribution is 0.0952. The van der Waals surface area contributed by atoms with Crippen molar-refractivity contribution >= 4 is 11.6 Å². The topological polar surface area (TPSA) is 94.3 Å². The maximum Gasteiger partial charge on any atom is 0.275 e. The lowest BCUT2D eigenvalue weighted by Crippen LogP contribution is -2.20. The minimum atomic E-state index is -0.331. The Morgan fingerprint density at radius 3 is 2.60 bits per heavy atom. The van der Waals surface area contributed by atoms with Crippen molar-refractivity contribution in [3.05, 3.63) is 66.0 Å². The quantitative estimate of drug-likeness (QED) is 0.566. The van der Waals surface area contributed by atoms with Gasteiger partial charge in [0, 0.05) is 0 Å². The molecule has 0 aliphatic rings. The molecule has 3 rings (SSSR count). The minimum absolute atomic E-state index is 0.331. The largest absolute Gasteiger partial charge is 0.496 e. The lowest BCUT2D eigenvalue weighted by atomic mass is 10.1. The van der Waals surface area contributed by atoms with E-state index in [9.17, 15) is 4.79 Å². The fourth-order valence-corrected chi connectivity index (χ4v) is 2.23. The Morgan fingerprint density at radius 1 is 1.16 bits per heavy atom. The zero-order valence-electron chi connectivity index (χ0n) is 13.7. The predicted molar refractivity (Wildman–Crippen MR) is 91.8 cm³/mol. The van der Waals surface area contributed by atoms with E-state index in [0.29, 0.717) is 17.0 Å². The molecule has 0 atom stereocenters. The summed E-state index contributed by atoms with van der Waals surface area (Å²) < 4.78 is 6.73. The van der Waals surface area contributed by atoms with Crippen molar-refractivity contribution in [3.8, 4) is 11.4 Å². The summed E-state index contributed by atoms with van der Waals surface area (Å²) in [6.07, 6.45) is 1.52. The number of benzene rings is 2. The molecule has 2 aromatic carbocycles. The van der Waals surface area contributed by atoms with E-state index < -0.39 is 0 Å². The van der Waals surface area contributed by atoms with Crippen molar-refractivity contribution in [3.63, 3.8) is 0 Å². The Kier molecular flexibility index (Phi) is 4.79. The minimum Gasteiger partial charge on any atom is -0.496 e. The number of nitrogens with zero attached hydrogens (tertiary/aromatic N) is 5. The number of amides is 1. The SMILES string of the molecule is COc1ccccc1C(=O)N/N=C(/C)c1ccc(-n2cnnn2)cc1. The number of carbonyl (C=O) groups excluding carboxylic acids is 1. The first-order valence-corrected chi connectivity index (χ1v) is 7.50. The van der Waals surface area contributed by atoms with Gasteiger partial charge in [-0.15, -0.1) is 5.10 Å². The van der Waals surface area contributed by atoms with Gasteiger partial charge in [-0.25, -0.2) is 10.1 Å². The van der Waals surface area contributed by atoms with Gasteiger partial charge in [-0.05, 0) is 47.2 Å². The maximum absolute atomic E-state index is 12.2. The van der Waals surface area contributed by atoms with Gasteiger partial charge < -0.3 is 4.74 Å². The van der Waals surface area contributed by atoms with Crippen LogP contribution in [0.3, 0.4) is 0 Å². The molecule has 8 heteroatoms. The molecule has 0 aliphatic heterocycles. The van der Waals surface area contributed by atoms with Crippen LogP contribution in [0.1, 0.15) is 22.8 Å². The molecule has 0 spiro atoms. The number of para-hydroxylation sites is 1. The summed E-state index contributed by atoms with van der Waals surface area (Å²) in [4.78, 5) is 12.2. The first-order chi connectivity index (χ1) is 12.2. The fraction of sp³-hybridized carbons (Fsp3) is 0.118. The maximum atomic E-state index is 12.2. The number of rotatable bonds is 5. The second kappa shape index (κ2) is 7.35. The van der Waals surface area contributed by atoms with Gasteiger partial charge in [-0.3, -0.25) is 4.79 Å². The summed E-state index contributed by atoms with van der Waals surface area (Å²) in [6, 6.07) is 14.5. The Bertz CT molecular complexity index is 888. The van der Waals surface area contributed by atoms with Crippen LogP contribution in [-0.2, 0) is 0 Å². The third-order valence-corrected chi connectivity index (χ3v) is 3.58. The highest BCUT2D eigenvalue weighted by Gasteiger charge is 2.10. The highest BCUT2D eigenvalue weighted by atomic mass is 16.5. The standard InChI is InChI=1S/C17H16N6O2/c1-12(13-7-9-14(10-8-13)23-11-18-21-22-23)19-20-17(24)15-5-3-4-6-16(15)25-2/h3-11H,1-2H3,(H,20,24)/b19-12-. The molecule has 1 aromatic heterocycles. The van der Waals surface area contributed by atoms with Gasteiger partial charge in [0.2, 0.25) is 0 Å². The molecule has 8 nitrogen and oxygen atoms in total. The first kappa shape index (κ1) is 16.3. The molecule has 3 aromatic rings. The Balaban J connectivity index is 1.72. The smallest absolute Gasteiger partial charge is 0.275 e. The molecule has 1 N–H and O–H groups in total. The van der Waals surface area contributed by atoms with Crippen LogP contribution in [0.25, 0.3) is 5.69 Å². The van der Waals surface area contributed by atoms with Crippen molar-refractivity contribution in [2.45, 2.75) is 6.92 Å². The van der Waals surface area contributed by atoms with Crippen molar-refractivity contribution in [2.24, 2.45) is 5.10 Å². The molecule has 0 unspecified atom stereocenters. The molecule has 0 saturated carbocycles. The molecule has 126 valence electrons. The van der Waals surface area contributed by atoms with Gasteiger partial charge in [0.15, 0.2) is 0 Å². The second-order valence-electron chi connectivity index (χ2n) is 5.14. The highest BCUT2D eigenvalue weighted by Crippen LogP contribution is 2.17. The van der Waals surface area contributed by atoms with Gasteiger partial charge in [0.25, 0.3) is 5.91 Å². The molecule has 25 heavy (non-hydrogen) atoms. The van der Waals surface area contributed by atoms with Gasteiger partial charge in [-0.2, -0.15) is 5.10 Å². The molecular formula is C17H16N6O2. The van der Waals surface area contributed by atoms with Crippen molar-refractivity contribution in [1.82, 2.24) is 25.6 Å². The zero-order chi connectivity index (χ0) is 17.6. The second-order valence-corrected chi connectivity index (χ2v) is 5.14. The Morgan fingerprint density at radius 2 is 1.92 bits per heavy atom. The summed E-state index contributed by atoms with van der Waals surface area (Å²) in [5.41, 5.74) is 5.35. The molecule has 0 radical (unpaired) electrons. The van der Waals surface area contributed by atoms with Crippen LogP contribution in [0.5, 0.6) is 5.75 Å². The summed E-state index contributed by atoms with van der Waals surface area (Å²) in [5, 5.41) is 15.2. The highest BCUT2D eigenvalue weighted by molar-refractivity contribution is 6.01. The van der Waals surface area contributed by atoms with Crippen LogP contribution in [0.2, 0.25) is 0 Å². The van der Waals surface area contributed by atoms with E-state index >= 15 is 0 Å². The summed E-state index contributed by atoms with van der Waals surface area (Å²) in [5.74, 6) is 0.167. The van der Waals surface area contributed by atoms with Crippen molar-refractivity contribution in [1.29, 1.82) is 0 Å². The number of methoxy groups -OCH3 is 1. The molecule has 0 fully saturated rings. The van der Waals surface area contributed by atoms with E-state index in [4.69, 9.17) is 4.74 Å². The van der Waals surface area contributed by atoms with Crippen LogP contribution in [0.15, 0.2) is 60.0 Å². The van der Waals surface area contributed by atoms with Crippen LogP contribution < -0.4 is 10.2 Å². The number of aromatic nitrogens is 4. The summed E-state index contributed by atoms with van der Waals surface area (Å²) in [6.45, 7) is 1.81.